The molecule has 0 radical (unpaired) electrons. The van der Waals surface area contributed by atoms with Crippen molar-refractivity contribution in [3.63, 3.8) is 0 Å². The minimum Gasteiger partial charge on any atom is -0.444 e. The van der Waals surface area contributed by atoms with Crippen molar-refractivity contribution in [3.8, 4) is 0 Å². The highest BCUT2D eigenvalue weighted by Gasteiger charge is 2.36. The number of aliphatic imine (C=N–C) groups is 1. The molecule has 1 saturated heterocycles. The molecule has 6 nitrogen and oxygen atoms in total. The van der Waals surface area contributed by atoms with Crippen LogP contribution in [0.5, 0.6) is 0 Å². The zero-order chi connectivity index (χ0) is 18.7. The minimum atomic E-state index is -0.482. The van der Waals surface area contributed by atoms with Crippen LogP contribution >= 0.6 is 0 Å². The molecule has 1 unspecified atom stereocenters. The van der Waals surface area contributed by atoms with E-state index in [1.165, 1.54) is 6.07 Å². The fraction of sp³-hybridized carbons (Fsp3) is 0.579. The highest BCUT2D eigenvalue weighted by atomic mass is 19.1. The van der Waals surface area contributed by atoms with Gasteiger partial charge in [-0.3, -0.25) is 4.99 Å². The fourth-order valence-electron chi connectivity index (χ4n) is 3.23. The summed E-state index contributed by atoms with van der Waals surface area (Å²) in [6, 6.07) is 6.84. The van der Waals surface area contributed by atoms with Crippen LogP contribution in [-0.2, 0) is 11.2 Å². The van der Waals surface area contributed by atoms with Gasteiger partial charge in [-0.1, -0.05) is 12.1 Å². The molecule has 0 aliphatic carbocycles. The van der Waals surface area contributed by atoms with Crippen molar-refractivity contribution >= 4 is 12.1 Å². The lowest BCUT2D eigenvalue weighted by Gasteiger charge is -2.39. The van der Waals surface area contributed by atoms with E-state index in [4.69, 9.17) is 4.74 Å². The molecule has 7 heteroatoms. The molecular formula is C19H27FN4O2. The third kappa shape index (κ3) is 4.65. The molecule has 3 rings (SSSR count). The molecule has 0 aromatic heterocycles. The van der Waals surface area contributed by atoms with Crippen LogP contribution in [0, 0.1) is 5.82 Å². The molecule has 1 fully saturated rings. The van der Waals surface area contributed by atoms with Crippen LogP contribution in [0.1, 0.15) is 26.3 Å². The van der Waals surface area contributed by atoms with Gasteiger partial charge in [-0.2, -0.15) is 0 Å². The number of benzene rings is 1. The molecule has 1 amide bonds. The molecule has 1 aromatic carbocycles. The molecule has 142 valence electrons. The van der Waals surface area contributed by atoms with Gasteiger partial charge in [0.1, 0.15) is 11.4 Å². The second-order valence-electron chi connectivity index (χ2n) is 7.74. The number of guanidine groups is 1. The van der Waals surface area contributed by atoms with Crippen molar-refractivity contribution < 1.29 is 13.9 Å². The number of nitrogens with zero attached hydrogens (tertiary/aromatic N) is 3. The molecule has 2 heterocycles. The quantitative estimate of drug-likeness (QED) is 0.896. The summed E-state index contributed by atoms with van der Waals surface area (Å²) in [6.45, 7) is 8.96. The second-order valence-corrected chi connectivity index (χ2v) is 7.74. The first-order valence-corrected chi connectivity index (χ1v) is 9.09. The number of carbonyl (C=O) groups excluding carboxylic acids is 1. The number of halogens is 1. The smallest absolute Gasteiger partial charge is 0.410 e. The average molecular weight is 362 g/mol. The van der Waals surface area contributed by atoms with Crippen molar-refractivity contribution in [3.05, 3.63) is 35.6 Å². The highest BCUT2D eigenvalue weighted by molar-refractivity contribution is 5.82. The zero-order valence-electron chi connectivity index (χ0n) is 15.7. The Labute approximate surface area is 154 Å². The van der Waals surface area contributed by atoms with Crippen LogP contribution < -0.4 is 5.32 Å². The van der Waals surface area contributed by atoms with Crippen LogP contribution in [0.4, 0.5) is 9.18 Å². The van der Waals surface area contributed by atoms with Crippen LogP contribution in [-0.4, -0.2) is 66.2 Å². The second kappa shape index (κ2) is 7.51. The topological polar surface area (TPSA) is 57.2 Å². The number of carbonyl (C=O) groups is 1. The fourth-order valence-corrected chi connectivity index (χ4v) is 3.23. The lowest BCUT2D eigenvalue weighted by atomic mass is 10.1. The zero-order valence-corrected chi connectivity index (χ0v) is 15.7. The number of ether oxygens (including phenoxy) is 1. The van der Waals surface area contributed by atoms with Gasteiger partial charge >= 0.3 is 6.09 Å². The normalized spacial score (nSPS) is 19.8. The number of hydrogen-bond acceptors (Lipinski definition) is 5. The van der Waals surface area contributed by atoms with Gasteiger partial charge in [0.2, 0.25) is 0 Å². The Morgan fingerprint density at radius 2 is 2.19 bits per heavy atom. The van der Waals surface area contributed by atoms with Gasteiger partial charge < -0.3 is 19.9 Å². The highest BCUT2D eigenvalue weighted by Crippen LogP contribution is 2.18. The third-order valence-electron chi connectivity index (χ3n) is 4.44. The summed E-state index contributed by atoms with van der Waals surface area (Å²) in [5.74, 6) is 0.661. The van der Waals surface area contributed by atoms with Crippen LogP contribution in [0.2, 0.25) is 0 Å². The van der Waals surface area contributed by atoms with E-state index in [0.29, 0.717) is 26.2 Å². The van der Waals surface area contributed by atoms with Gasteiger partial charge in [0, 0.05) is 26.2 Å². The molecule has 1 aromatic rings. The number of hydrogen-bond donors (Lipinski definition) is 1. The van der Waals surface area contributed by atoms with Crippen LogP contribution in [0.25, 0.3) is 0 Å². The lowest BCUT2D eigenvalue weighted by molar-refractivity contribution is 0.0137. The van der Waals surface area contributed by atoms with Gasteiger partial charge in [-0.15, -0.1) is 0 Å². The Bertz CT molecular complexity index is 686. The van der Waals surface area contributed by atoms with E-state index in [2.05, 4.69) is 15.2 Å². The number of fused-ring (bicyclic) bond motifs is 1. The summed E-state index contributed by atoms with van der Waals surface area (Å²) in [7, 11) is 0. The predicted molar refractivity (Wildman–Crippen MR) is 98.7 cm³/mol. The number of piperazine rings is 1. The lowest BCUT2D eigenvalue weighted by Crippen LogP contribution is -2.57. The van der Waals surface area contributed by atoms with Crippen molar-refractivity contribution in [2.45, 2.75) is 38.8 Å². The van der Waals surface area contributed by atoms with Crippen LogP contribution in [0.3, 0.4) is 0 Å². The van der Waals surface area contributed by atoms with Crippen LogP contribution in [0.15, 0.2) is 29.3 Å². The van der Waals surface area contributed by atoms with E-state index in [1.54, 1.807) is 17.0 Å². The maximum Gasteiger partial charge on any atom is 0.410 e. The number of nitrogens with one attached hydrogen (secondary N) is 1. The van der Waals surface area contributed by atoms with Gasteiger partial charge in [-0.05, 0) is 44.9 Å². The van der Waals surface area contributed by atoms with Gasteiger partial charge in [-0.25, -0.2) is 9.18 Å². The van der Waals surface area contributed by atoms with Gasteiger partial charge in [0.05, 0.1) is 12.6 Å². The molecule has 1 atom stereocenters. The molecule has 2 aliphatic heterocycles. The van der Waals surface area contributed by atoms with Gasteiger partial charge in [0.15, 0.2) is 5.96 Å². The molecule has 2 aliphatic rings. The largest absolute Gasteiger partial charge is 0.444 e. The minimum absolute atomic E-state index is 0.188. The summed E-state index contributed by atoms with van der Waals surface area (Å²) in [4.78, 5) is 20.8. The van der Waals surface area contributed by atoms with E-state index < -0.39 is 5.60 Å². The first-order chi connectivity index (χ1) is 12.3. The van der Waals surface area contributed by atoms with Crippen molar-refractivity contribution in [2.75, 3.05) is 32.7 Å². The Hall–Kier alpha value is -2.31. The summed E-state index contributed by atoms with van der Waals surface area (Å²) in [5, 5.41) is 3.35. The Kier molecular flexibility index (Phi) is 5.34. The molecule has 0 bridgehead atoms. The molecular weight excluding hydrogens is 335 g/mol. The Morgan fingerprint density at radius 1 is 1.38 bits per heavy atom. The maximum atomic E-state index is 13.2. The standard InChI is InChI=1S/C19H27FN4O2/c1-19(2,3)26-18(25)23-9-10-24-16(13-23)12-22-17(24)21-8-7-14-5-4-6-15(20)11-14/h4-6,11,16H,7-10,12-13H2,1-3H3,(H,21,22). The average Bonchev–Trinajstić information content (AvgIpc) is 2.96. The predicted octanol–water partition coefficient (Wildman–Crippen LogP) is 2.25. The van der Waals surface area contributed by atoms with E-state index in [0.717, 1.165) is 24.5 Å². The Balaban J connectivity index is 1.47. The number of rotatable bonds is 3. The van der Waals surface area contributed by atoms with Gasteiger partial charge in [0.25, 0.3) is 0 Å². The van der Waals surface area contributed by atoms with E-state index >= 15 is 0 Å². The van der Waals surface area contributed by atoms with Crippen molar-refractivity contribution in [1.29, 1.82) is 0 Å². The summed E-state index contributed by atoms with van der Waals surface area (Å²) in [6.07, 6.45) is 0.476. The molecule has 26 heavy (non-hydrogen) atoms. The molecule has 0 saturated carbocycles. The van der Waals surface area contributed by atoms with E-state index in [1.807, 2.05) is 26.8 Å². The number of amides is 1. The molecule has 1 N–H and O–H groups in total. The summed E-state index contributed by atoms with van der Waals surface area (Å²) >= 11 is 0. The molecule has 0 spiro atoms. The van der Waals surface area contributed by atoms with Crippen molar-refractivity contribution in [1.82, 2.24) is 15.1 Å². The van der Waals surface area contributed by atoms with E-state index in [9.17, 15) is 9.18 Å². The first-order valence-electron chi connectivity index (χ1n) is 9.09. The SMILES string of the molecule is CC(C)(C)OC(=O)N1CCN2C(NCCc3cccc(F)c3)=NCC2C1. The Morgan fingerprint density at radius 3 is 2.92 bits per heavy atom. The summed E-state index contributed by atoms with van der Waals surface area (Å²) in [5.41, 5.74) is 0.478. The monoisotopic (exact) mass is 362 g/mol. The summed E-state index contributed by atoms with van der Waals surface area (Å²) < 4.78 is 18.7. The van der Waals surface area contributed by atoms with Crippen molar-refractivity contribution in [2.24, 2.45) is 4.99 Å². The maximum absolute atomic E-state index is 13.2. The first kappa shape index (κ1) is 18.5. The third-order valence-corrected chi connectivity index (χ3v) is 4.44. The van der Waals surface area contributed by atoms with E-state index in [-0.39, 0.29) is 18.0 Å².